The van der Waals surface area contributed by atoms with E-state index in [4.69, 9.17) is 4.74 Å². The fourth-order valence-electron chi connectivity index (χ4n) is 6.76. The van der Waals surface area contributed by atoms with Crippen molar-refractivity contribution in [2.45, 2.75) is 97.7 Å². The topological polar surface area (TPSA) is 264 Å². The standard InChI is InChI=1S/C40H50N8O11/c1-21(2)17-29(44-39(55)34(23(5)59-20-25-11-8-7-9-12-25)45-38(54)33(22(3)4)42-24(6)49)36(52)43-28(18-26-15-16-41-35(26)51)31(50)19-47-40(56)27-13-10-14-30(48(57)58)32(27)37(53)46-47/h7-14,21-23,26,28-29,33-34H,15-20H2,1-6H3,(H4-,41,42,43,44,45,49,51,52,54,55)/p+1/t23?,26-,28-,29-,33-,34?/m0/s1. The molecule has 2 heterocycles. The van der Waals surface area contributed by atoms with Crippen molar-refractivity contribution in [2.75, 3.05) is 13.1 Å². The molecule has 0 saturated carbocycles. The Labute approximate surface area is 340 Å². The van der Waals surface area contributed by atoms with Crippen LogP contribution in [0.4, 0.5) is 5.69 Å². The van der Waals surface area contributed by atoms with Gasteiger partial charge in [-0.3, -0.25) is 43.7 Å². The molecule has 1 saturated heterocycles. The van der Waals surface area contributed by atoms with E-state index in [1.807, 2.05) is 30.3 Å². The van der Waals surface area contributed by atoms with E-state index >= 15 is 0 Å². The first-order chi connectivity index (χ1) is 27.9. The predicted octanol–water partition coefficient (Wildman–Crippen LogP) is 1.72. The highest BCUT2D eigenvalue weighted by atomic mass is 16.6. The molecule has 5 N–H and O–H groups in total. The fourth-order valence-corrected chi connectivity index (χ4v) is 6.76. The number of nitrogens with one attached hydrogen (secondary N) is 5. The predicted molar refractivity (Wildman–Crippen MR) is 208 cm³/mol. The number of benzene rings is 2. The summed E-state index contributed by atoms with van der Waals surface area (Å²) in [6.07, 6.45) is -0.750. The van der Waals surface area contributed by atoms with E-state index in [9.17, 15) is 48.5 Å². The zero-order valence-electron chi connectivity index (χ0n) is 33.8. The number of nitro groups is 1. The minimum absolute atomic E-state index is 0.0623. The molecule has 4 rings (SSSR count). The average molecular weight is 820 g/mol. The van der Waals surface area contributed by atoms with Gasteiger partial charge in [0.1, 0.15) is 29.3 Å². The smallest absolute Gasteiger partial charge is 0.371 e. The van der Waals surface area contributed by atoms with Crippen molar-refractivity contribution >= 4 is 52.8 Å². The number of hydrogen-bond donors (Lipinski definition) is 5. The quantitative estimate of drug-likeness (QED) is 0.0730. The molecule has 1 fully saturated rings. The molecule has 0 aromatic heterocycles. The van der Waals surface area contributed by atoms with Crippen LogP contribution in [-0.4, -0.2) is 100 Å². The molecule has 2 aliphatic heterocycles. The Kier molecular flexibility index (Phi) is 15.8. The summed E-state index contributed by atoms with van der Waals surface area (Å²) >= 11 is 0. The van der Waals surface area contributed by atoms with Crippen molar-refractivity contribution in [3.8, 4) is 0 Å². The number of ketones is 1. The van der Waals surface area contributed by atoms with Gasteiger partial charge in [-0.05, 0) is 54.3 Å². The molecular formula is C40H51N8O11+. The van der Waals surface area contributed by atoms with Gasteiger partial charge in [-0.15, -0.1) is 0 Å². The van der Waals surface area contributed by atoms with E-state index in [1.165, 1.54) is 19.1 Å². The third kappa shape index (κ3) is 12.1. The largest absolute Gasteiger partial charge is 0.445 e. The minimum Gasteiger partial charge on any atom is -0.371 e. The van der Waals surface area contributed by atoms with Gasteiger partial charge in [0, 0.05) is 30.6 Å². The molecule has 19 nitrogen and oxygen atoms in total. The summed E-state index contributed by atoms with van der Waals surface area (Å²) in [6, 6.07) is 7.48. The van der Waals surface area contributed by atoms with E-state index in [1.54, 1.807) is 34.6 Å². The highest BCUT2D eigenvalue weighted by molar-refractivity contribution is 6.10. The third-order valence-electron chi connectivity index (χ3n) is 9.88. The lowest BCUT2D eigenvalue weighted by Gasteiger charge is -2.30. The minimum atomic E-state index is -1.42. The highest BCUT2D eigenvalue weighted by Gasteiger charge is 2.43. The number of carbonyl (C=O) groups is 8. The van der Waals surface area contributed by atoms with Crippen LogP contribution in [0.25, 0.3) is 0 Å². The number of ether oxygens (including phenoxy) is 1. The van der Waals surface area contributed by atoms with E-state index in [-0.39, 0.29) is 42.8 Å². The summed E-state index contributed by atoms with van der Waals surface area (Å²) in [7, 11) is 0. The van der Waals surface area contributed by atoms with Gasteiger partial charge < -0.3 is 31.3 Å². The van der Waals surface area contributed by atoms with E-state index in [0.717, 1.165) is 11.6 Å². The Bertz CT molecular complexity index is 2000. The summed E-state index contributed by atoms with van der Waals surface area (Å²) in [5.41, 5.74) is -0.684. The van der Waals surface area contributed by atoms with Gasteiger partial charge in [-0.25, -0.2) is 4.79 Å². The van der Waals surface area contributed by atoms with Crippen LogP contribution in [0.3, 0.4) is 0 Å². The maximum Gasteiger partial charge on any atom is 0.445 e. The summed E-state index contributed by atoms with van der Waals surface area (Å²) < 4.78 is 6.58. The van der Waals surface area contributed by atoms with E-state index < -0.39 is 100 Å². The number of carbonyl (C=O) groups excluding carboxylic acids is 8. The van der Waals surface area contributed by atoms with Crippen LogP contribution in [0.1, 0.15) is 87.1 Å². The normalized spacial score (nSPS) is 17.5. The summed E-state index contributed by atoms with van der Waals surface area (Å²) in [5.74, 6) is -7.24. The first-order valence-corrected chi connectivity index (χ1v) is 19.4. The molecule has 0 radical (unpaired) electrons. The monoisotopic (exact) mass is 819 g/mol. The highest BCUT2D eigenvalue weighted by Crippen LogP contribution is 2.27. The number of amides is 7. The number of nitrogens with zero attached hydrogens (tertiary/aromatic N) is 3. The number of azo groups is 2. The zero-order valence-corrected chi connectivity index (χ0v) is 33.8. The number of fused-ring (bicyclic) bond motifs is 1. The second kappa shape index (κ2) is 20.4. The second-order valence-corrected chi connectivity index (χ2v) is 15.4. The third-order valence-corrected chi connectivity index (χ3v) is 9.88. The molecule has 316 valence electrons. The van der Waals surface area contributed by atoms with Crippen LogP contribution in [0.5, 0.6) is 0 Å². The fraction of sp³-hybridized carbons (Fsp3) is 0.500. The molecule has 2 aromatic rings. The summed E-state index contributed by atoms with van der Waals surface area (Å²) in [4.78, 5) is 117. The lowest BCUT2D eigenvalue weighted by Crippen LogP contribution is -2.61. The summed E-state index contributed by atoms with van der Waals surface area (Å²) in [6.45, 7) is 9.44. The Morgan fingerprint density at radius 3 is 2.14 bits per heavy atom. The number of Topliss-reactive ketones (excluding diaryl/α,β-unsaturated/α-hetero) is 1. The van der Waals surface area contributed by atoms with Gasteiger partial charge in [0.15, 0.2) is 0 Å². The molecule has 7 amide bonds. The van der Waals surface area contributed by atoms with Crippen molar-refractivity contribution < 1.29 is 52.7 Å². The van der Waals surface area contributed by atoms with Crippen LogP contribution >= 0.6 is 0 Å². The van der Waals surface area contributed by atoms with Crippen molar-refractivity contribution in [1.82, 2.24) is 26.6 Å². The maximum absolute atomic E-state index is 14.2. The molecule has 6 atom stereocenters. The van der Waals surface area contributed by atoms with E-state index in [2.05, 4.69) is 31.7 Å². The van der Waals surface area contributed by atoms with Gasteiger partial charge in [-0.2, -0.15) is 0 Å². The number of hydrogen-bond acceptors (Lipinski definition) is 11. The van der Waals surface area contributed by atoms with Crippen LogP contribution in [0, 0.1) is 27.9 Å². The Balaban J connectivity index is 1.60. The molecule has 2 aliphatic rings. The van der Waals surface area contributed by atoms with Crippen molar-refractivity contribution in [3.05, 3.63) is 75.3 Å². The van der Waals surface area contributed by atoms with Crippen molar-refractivity contribution in [2.24, 2.45) is 22.9 Å². The van der Waals surface area contributed by atoms with Crippen molar-refractivity contribution in [1.29, 1.82) is 0 Å². The summed E-state index contributed by atoms with van der Waals surface area (Å²) in [5, 5.41) is 28.5. The first-order valence-electron chi connectivity index (χ1n) is 19.4. The molecule has 2 aromatic carbocycles. The second-order valence-electron chi connectivity index (χ2n) is 15.4. The van der Waals surface area contributed by atoms with Gasteiger partial charge in [0.2, 0.25) is 41.9 Å². The van der Waals surface area contributed by atoms with Gasteiger partial charge in [0.05, 0.1) is 23.7 Å². The SMILES string of the molecule is CC(=O)N[C@H](C(=O)NC(C(=O)N[C@@H](CC(C)C)C(=O)N[C@@H](C[C@@H]1CCNC1=O)C(=O)C[N+]1=NC(=O)c2c(cccc2[N+](=O)[O-])C1=O)C(C)OCc1ccccc1)C(C)C. The first kappa shape index (κ1) is 45.5. The molecule has 0 aliphatic carbocycles. The van der Waals surface area contributed by atoms with Crippen LogP contribution in [-0.2, 0) is 40.1 Å². The van der Waals surface area contributed by atoms with Crippen molar-refractivity contribution in [3.63, 3.8) is 0 Å². The van der Waals surface area contributed by atoms with E-state index in [0.29, 0.717) is 17.7 Å². The van der Waals surface area contributed by atoms with Crippen LogP contribution in [0.2, 0.25) is 0 Å². The molecule has 0 bridgehead atoms. The zero-order chi connectivity index (χ0) is 43.6. The lowest BCUT2D eigenvalue weighted by atomic mass is 9.94. The van der Waals surface area contributed by atoms with Crippen LogP contribution in [0.15, 0.2) is 53.6 Å². The number of rotatable bonds is 20. The molecule has 19 heteroatoms. The van der Waals surface area contributed by atoms with Crippen LogP contribution < -0.4 is 26.6 Å². The molecule has 0 spiro atoms. The maximum atomic E-state index is 14.2. The Morgan fingerprint density at radius 2 is 1.54 bits per heavy atom. The van der Waals surface area contributed by atoms with Gasteiger partial charge in [-0.1, -0.05) is 64.1 Å². The molecule has 2 unspecified atom stereocenters. The van der Waals surface area contributed by atoms with Gasteiger partial charge in [0.25, 0.3) is 5.69 Å². The Hall–Kier alpha value is -6.24. The average Bonchev–Trinajstić information content (AvgIpc) is 3.59. The molecule has 59 heavy (non-hydrogen) atoms. The van der Waals surface area contributed by atoms with Gasteiger partial charge >= 0.3 is 11.8 Å². The Morgan fingerprint density at radius 1 is 0.881 bits per heavy atom. The lowest BCUT2D eigenvalue weighted by molar-refractivity contribution is -0.483. The number of nitro benzene ring substituents is 1. The molecular weight excluding hydrogens is 768 g/mol.